The van der Waals surface area contributed by atoms with E-state index in [-0.39, 0.29) is 35.4 Å². The van der Waals surface area contributed by atoms with Gasteiger partial charge in [0, 0.05) is 22.7 Å². The molecule has 0 aliphatic carbocycles. The van der Waals surface area contributed by atoms with Gasteiger partial charge in [0.25, 0.3) is 0 Å². The van der Waals surface area contributed by atoms with Crippen molar-refractivity contribution < 1.29 is 19.1 Å². The number of hydrogen-bond donors (Lipinski definition) is 1. The number of thioether (sulfide) groups is 1. The largest absolute Gasteiger partial charge is 0.497 e. The van der Waals surface area contributed by atoms with E-state index in [1.165, 1.54) is 11.8 Å². The topological polar surface area (TPSA) is 85.7 Å². The summed E-state index contributed by atoms with van der Waals surface area (Å²) in [5.41, 5.74) is 5.24. The number of methoxy groups -OCH3 is 2. The fourth-order valence-corrected chi connectivity index (χ4v) is 6.26. The van der Waals surface area contributed by atoms with Gasteiger partial charge in [0.15, 0.2) is 0 Å². The molecular weight excluding hydrogens is 548 g/mol. The second-order valence-electron chi connectivity index (χ2n) is 10.4. The second-order valence-corrected chi connectivity index (χ2v) is 11.4. The van der Waals surface area contributed by atoms with Crippen LogP contribution in [0.1, 0.15) is 42.2 Å². The van der Waals surface area contributed by atoms with E-state index in [9.17, 15) is 9.59 Å². The molecule has 0 saturated heterocycles. The first-order valence-corrected chi connectivity index (χ1v) is 15.1. The van der Waals surface area contributed by atoms with Gasteiger partial charge in [-0.2, -0.15) is 5.10 Å². The third-order valence-electron chi connectivity index (χ3n) is 7.46. The lowest BCUT2D eigenvalue weighted by atomic mass is 9.98. The lowest BCUT2D eigenvalue weighted by molar-refractivity contribution is -0.123. The number of aromatic nitrogens is 2. The Kier molecular flexibility index (Phi) is 8.87. The SMILES string of the molecule is CCC(C)NC(=O)CN1C(=O)CSC(c2cc(OC)ccc2OC)c2c(-c3ccccc3)nn(-c3ccc(C)cc3)c21. The summed E-state index contributed by atoms with van der Waals surface area (Å²) < 4.78 is 13.2. The summed E-state index contributed by atoms with van der Waals surface area (Å²) >= 11 is 1.49. The van der Waals surface area contributed by atoms with E-state index in [1.54, 1.807) is 23.8 Å². The zero-order valence-corrected chi connectivity index (χ0v) is 25.4. The van der Waals surface area contributed by atoms with Crippen molar-refractivity contribution in [2.24, 2.45) is 0 Å². The third kappa shape index (κ3) is 5.87. The predicted molar refractivity (Wildman–Crippen MR) is 168 cm³/mol. The minimum atomic E-state index is -0.342. The number of ether oxygens (including phenoxy) is 2. The number of nitrogens with one attached hydrogen (secondary N) is 1. The molecule has 0 spiro atoms. The summed E-state index contributed by atoms with van der Waals surface area (Å²) in [7, 11) is 3.27. The number of carbonyl (C=O) groups is 2. The van der Waals surface area contributed by atoms with Crippen LogP contribution < -0.4 is 19.7 Å². The van der Waals surface area contributed by atoms with Crippen molar-refractivity contribution in [1.29, 1.82) is 0 Å². The fraction of sp³-hybridized carbons (Fsp3) is 0.303. The number of aryl methyl sites for hydroxylation is 1. The highest BCUT2D eigenvalue weighted by Crippen LogP contribution is 2.51. The van der Waals surface area contributed by atoms with Crippen molar-refractivity contribution >= 4 is 29.4 Å². The number of rotatable bonds is 9. The summed E-state index contributed by atoms with van der Waals surface area (Å²) in [4.78, 5) is 28.8. The second kappa shape index (κ2) is 12.7. The molecule has 0 fully saturated rings. The van der Waals surface area contributed by atoms with Gasteiger partial charge in [0.1, 0.15) is 23.9 Å². The van der Waals surface area contributed by atoms with E-state index >= 15 is 0 Å². The standard InChI is InChI=1S/C33H36N4O4S/c1-6-22(3)34-28(38)19-36-29(39)20-42-32(26-18-25(40-4)16-17-27(26)41-5)30-31(23-10-8-7-9-11-23)35-37(33(30)36)24-14-12-21(2)13-15-24/h7-18,22,32H,6,19-20H2,1-5H3,(H,34,38). The number of fused-ring (bicyclic) bond motifs is 1. The molecule has 1 aliphatic rings. The van der Waals surface area contributed by atoms with Crippen LogP contribution in [0.4, 0.5) is 5.82 Å². The molecule has 1 aromatic heterocycles. The van der Waals surface area contributed by atoms with Crippen molar-refractivity contribution in [2.75, 3.05) is 31.4 Å². The zero-order valence-electron chi connectivity index (χ0n) is 24.6. The van der Waals surface area contributed by atoms with Gasteiger partial charge >= 0.3 is 0 Å². The normalized spacial score (nSPS) is 15.5. The van der Waals surface area contributed by atoms with Crippen LogP contribution in [0.2, 0.25) is 0 Å². The highest BCUT2D eigenvalue weighted by molar-refractivity contribution is 8.00. The molecule has 2 atom stereocenters. The van der Waals surface area contributed by atoms with E-state index in [0.29, 0.717) is 17.3 Å². The Bertz CT molecular complexity index is 1570. The van der Waals surface area contributed by atoms with Crippen molar-refractivity contribution in [3.8, 4) is 28.4 Å². The number of anilines is 1. The Balaban J connectivity index is 1.81. The van der Waals surface area contributed by atoms with Gasteiger partial charge in [-0.3, -0.25) is 14.5 Å². The van der Waals surface area contributed by atoms with Crippen molar-refractivity contribution in [1.82, 2.24) is 15.1 Å². The van der Waals surface area contributed by atoms with Crippen LogP contribution in [0, 0.1) is 6.92 Å². The predicted octanol–water partition coefficient (Wildman–Crippen LogP) is 5.95. The van der Waals surface area contributed by atoms with Gasteiger partial charge in [0.2, 0.25) is 11.8 Å². The highest BCUT2D eigenvalue weighted by atomic mass is 32.2. The first kappa shape index (κ1) is 29.3. The maximum Gasteiger partial charge on any atom is 0.240 e. The maximum absolute atomic E-state index is 13.9. The molecule has 1 N–H and O–H groups in total. The van der Waals surface area contributed by atoms with Crippen LogP contribution >= 0.6 is 11.8 Å². The number of hydrogen-bond acceptors (Lipinski definition) is 6. The molecule has 1 aliphatic heterocycles. The summed E-state index contributed by atoms with van der Waals surface area (Å²) in [6.07, 6.45) is 0.790. The first-order valence-electron chi connectivity index (χ1n) is 14.0. The van der Waals surface area contributed by atoms with E-state index in [4.69, 9.17) is 14.6 Å². The van der Waals surface area contributed by atoms with Crippen LogP contribution in [0.15, 0.2) is 72.8 Å². The molecule has 2 heterocycles. The number of carbonyl (C=O) groups excluding carboxylic acids is 2. The molecule has 0 saturated carbocycles. The quantitative estimate of drug-likeness (QED) is 0.262. The van der Waals surface area contributed by atoms with E-state index in [0.717, 1.165) is 40.1 Å². The van der Waals surface area contributed by atoms with Gasteiger partial charge < -0.3 is 14.8 Å². The smallest absolute Gasteiger partial charge is 0.240 e. The molecule has 9 heteroatoms. The Hall–Kier alpha value is -4.24. The molecule has 8 nitrogen and oxygen atoms in total. The summed E-state index contributed by atoms with van der Waals surface area (Å²) in [6, 6.07) is 23.6. The van der Waals surface area contributed by atoms with Crippen LogP contribution in [-0.4, -0.2) is 54.2 Å². The van der Waals surface area contributed by atoms with Gasteiger partial charge in [0.05, 0.1) is 36.6 Å². The van der Waals surface area contributed by atoms with Crippen LogP contribution in [0.25, 0.3) is 16.9 Å². The Morgan fingerprint density at radius 1 is 1.07 bits per heavy atom. The van der Waals surface area contributed by atoms with E-state index in [1.807, 2.05) is 93.6 Å². The highest BCUT2D eigenvalue weighted by Gasteiger charge is 2.39. The Morgan fingerprint density at radius 3 is 2.48 bits per heavy atom. The molecule has 42 heavy (non-hydrogen) atoms. The summed E-state index contributed by atoms with van der Waals surface area (Å²) in [5.74, 6) is 1.71. The average Bonchev–Trinajstić information content (AvgIpc) is 3.34. The van der Waals surface area contributed by atoms with Crippen molar-refractivity contribution in [3.05, 3.63) is 89.5 Å². The maximum atomic E-state index is 13.9. The molecular formula is C33H36N4O4S. The summed E-state index contributed by atoms with van der Waals surface area (Å²) in [5, 5.41) is 7.83. The number of nitrogens with zero attached hydrogens (tertiary/aromatic N) is 3. The lowest BCUT2D eigenvalue weighted by Gasteiger charge is -2.24. The average molecular weight is 585 g/mol. The molecule has 0 radical (unpaired) electrons. The number of benzene rings is 3. The minimum Gasteiger partial charge on any atom is -0.497 e. The first-order chi connectivity index (χ1) is 20.3. The zero-order chi connectivity index (χ0) is 29.8. The fourth-order valence-electron chi connectivity index (χ4n) is 5.05. The van der Waals surface area contributed by atoms with Gasteiger partial charge in [-0.05, 0) is 50.6 Å². The van der Waals surface area contributed by atoms with Crippen LogP contribution in [0.5, 0.6) is 11.5 Å². The summed E-state index contributed by atoms with van der Waals surface area (Å²) in [6.45, 7) is 5.88. The molecule has 2 amide bonds. The van der Waals surface area contributed by atoms with Gasteiger partial charge in [-0.1, -0.05) is 55.0 Å². The minimum absolute atomic E-state index is 0.0101. The van der Waals surface area contributed by atoms with E-state index < -0.39 is 0 Å². The van der Waals surface area contributed by atoms with Gasteiger partial charge in [-0.25, -0.2) is 4.68 Å². The Morgan fingerprint density at radius 2 is 1.81 bits per heavy atom. The molecule has 0 bridgehead atoms. The van der Waals surface area contributed by atoms with Crippen molar-refractivity contribution in [3.63, 3.8) is 0 Å². The van der Waals surface area contributed by atoms with Crippen molar-refractivity contribution in [2.45, 2.75) is 38.5 Å². The van der Waals surface area contributed by atoms with Crippen LogP contribution in [0.3, 0.4) is 0 Å². The van der Waals surface area contributed by atoms with E-state index in [2.05, 4.69) is 5.32 Å². The molecule has 218 valence electrons. The third-order valence-corrected chi connectivity index (χ3v) is 8.69. The molecule has 4 aromatic rings. The monoisotopic (exact) mass is 584 g/mol. The lowest BCUT2D eigenvalue weighted by Crippen LogP contribution is -2.44. The molecule has 5 rings (SSSR count). The molecule has 2 unspecified atom stereocenters. The Labute approximate surface area is 251 Å². The number of amides is 2. The van der Waals surface area contributed by atoms with Crippen LogP contribution in [-0.2, 0) is 9.59 Å². The van der Waals surface area contributed by atoms with Gasteiger partial charge in [-0.15, -0.1) is 11.8 Å². The molecule has 3 aromatic carbocycles.